The Balaban J connectivity index is 1.58. The maximum absolute atomic E-state index is 5.73. The van der Waals surface area contributed by atoms with Crippen LogP contribution in [0.15, 0.2) is 42.5 Å². The summed E-state index contributed by atoms with van der Waals surface area (Å²) in [5, 5.41) is 3.45. The van der Waals surface area contributed by atoms with Gasteiger partial charge in [-0.2, -0.15) is 0 Å². The number of ether oxygens (including phenoxy) is 2. The van der Waals surface area contributed by atoms with Gasteiger partial charge in [-0.1, -0.05) is 24.3 Å². The van der Waals surface area contributed by atoms with Crippen LogP contribution in [0.5, 0.6) is 11.5 Å². The summed E-state index contributed by atoms with van der Waals surface area (Å²) in [6.45, 7) is 4.16. The van der Waals surface area contributed by atoms with Crippen molar-refractivity contribution >= 4 is 11.0 Å². The molecule has 0 saturated heterocycles. The monoisotopic (exact) mass is 325 g/mol. The van der Waals surface area contributed by atoms with Crippen molar-refractivity contribution in [3.05, 3.63) is 53.9 Å². The fraction of sp³-hybridized carbons (Fsp3) is 0.316. The molecule has 5 heteroatoms. The number of imidazole rings is 1. The van der Waals surface area contributed by atoms with E-state index in [2.05, 4.69) is 21.4 Å². The highest BCUT2D eigenvalue weighted by molar-refractivity contribution is 5.74. The first-order chi connectivity index (χ1) is 11.8. The molecule has 0 atom stereocenters. The second kappa shape index (κ2) is 7.84. The first-order valence-electron chi connectivity index (χ1n) is 8.25. The number of H-pyrrole nitrogens is 1. The van der Waals surface area contributed by atoms with E-state index in [0.29, 0.717) is 6.61 Å². The number of aromatic nitrogens is 2. The fourth-order valence-corrected chi connectivity index (χ4v) is 2.72. The zero-order valence-corrected chi connectivity index (χ0v) is 14.1. The lowest BCUT2D eigenvalue weighted by molar-refractivity contribution is 0.307. The molecule has 0 saturated carbocycles. The molecule has 5 nitrogen and oxygen atoms in total. The standard InChI is InChI=1S/C19H23N3O2/c1-3-24-19-14(7-6-10-17(19)23-2)13-20-12-11-18-21-15-8-4-5-9-16(15)22-18/h4-10,20H,3,11-13H2,1-2H3,(H,21,22). The Morgan fingerprint density at radius 2 is 2.00 bits per heavy atom. The van der Waals surface area contributed by atoms with Crippen LogP contribution in [0.4, 0.5) is 0 Å². The quantitative estimate of drug-likeness (QED) is 0.624. The summed E-state index contributed by atoms with van der Waals surface area (Å²) in [7, 11) is 1.66. The molecule has 24 heavy (non-hydrogen) atoms. The maximum Gasteiger partial charge on any atom is 0.165 e. The molecule has 1 aromatic heterocycles. The minimum atomic E-state index is 0.617. The van der Waals surface area contributed by atoms with Crippen LogP contribution in [0.3, 0.4) is 0 Å². The molecule has 0 amide bonds. The molecule has 0 aliphatic heterocycles. The number of aromatic amines is 1. The van der Waals surface area contributed by atoms with Gasteiger partial charge in [-0.25, -0.2) is 4.98 Å². The summed E-state index contributed by atoms with van der Waals surface area (Å²) < 4.78 is 11.1. The Bertz CT molecular complexity index is 765. The van der Waals surface area contributed by atoms with E-state index in [-0.39, 0.29) is 0 Å². The van der Waals surface area contributed by atoms with E-state index in [9.17, 15) is 0 Å². The zero-order valence-electron chi connectivity index (χ0n) is 14.1. The van der Waals surface area contributed by atoms with Gasteiger partial charge in [-0.15, -0.1) is 0 Å². The molecule has 0 bridgehead atoms. The highest BCUT2D eigenvalue weighted by Gasteiger charge is 2.09. The molecular weight excluding hydrogens is 302 g/mol. The van der Waals surface area contributed by atoms with Gasteiger partial charge < -0.3 is 19.8 Å². The molecule has 0 radical (unpaired) electrons. The largest absolute Gasteiger partial charge is 0.493 e. The van der Waals surface area contributed by atoms with Crippen LogP contribution >= 0.6 is 0 Å². The first kappa shape index (κ1) is 16.3. The van der Waals surface area contributed by atoms with Crippen molar-refractivity contribution in [1.29, 1.82) is 0 Å². The summed E-state index contributed by atoms with van der Waals surface area (Å²) in [5.41, 5.74) is 3.19. The van der Waals surface area contributed by atoms with Crippen molar-refractivity contribution in [1.82, 2.24) is 15.3 Å². The average Bonchev–Trinajstić information content (AvgIpc) is 3.02. The Labute approximate surface area is 142 Å². The summed E-state index contributed by atoms with van der Waals surface area (Å²) in [5.74, 6) is 2.59. The molecule has 0 spiro atoms. The summed E-state index contributed by atoms with van der Waals surface area (Å²) in [4.78, 5) is 7.94. The smallest absolute Gasteiger partial charge is 0.165 e. The van der Waals surface area contributed by atoms with Crippen LogP contribution in [-0.2, 0) is 13.0 Å². The number of fused-ring (bicyclic) bond motifs is 1. The third-order valence-corrected chi connectivity index (χ3v) is 3.86. The van der Waals surface area contributed by atoms with E-state index < -0.39 is 0 Å². The van der Waals surface area contributed by atoms with Crippen LogP contribution in [0.2, 0.25) is 0 Å². The first-order valence-corrected chi connectivity index (χ1v) is 8.25. The van der Waals surface area contributed by atoms with Gasteiger partial charge in [0.2, 0.25) is 0 Å². The Morgan fingerprint density at radius 1 is 1.12 bits per heavy atom. The Hall–Kier alpha value is -2.53. The van der Waals surface area contributed by atoms with Crippen molar-refractivity contribution in [2.75, 3.05) is 20.3 Å². The predicted octanol–water partition coefficient (Wildman–Crippen LogP) is 3.30. The third kappa shape index (κ3) is 3.68. The molecule has 0 unspecified atom stereocenters. The maximum atomic E-state index is 5.73. The second-order valence-electron chi connectivity index (χ2n) is 5.51. The number of nitrogens with one attached hydrogen (secondary N) is 2. The lowest BCUT2D eigenvalue weighted by Gasteiger charge is -2.14. The van der Waals surface area contributed by atoms with Gasteiger partial charge in [-0.3, -0.25) is 0 Å². The number of hydrogen-bond acceptors (Lipinski definition) is 4. The van der Waals surface area contributed by atoms with Crippen molar-refractivity contribution in [3.8, 4) is 11.5 Å². The Kier molecular flexibility index (Phi) is 5.33. The molecule has 2 aromatic carbocycles. The van der Waals surface area contributed by atoms with E-state index in [0.717, 1.165) is 53.4 Å². The Morgan fingerprint density at radius 3 is 2.79 bits per heavy atom. The molecule has 3 rings (SSSR count). The number of benzene rings is 2. The lowest BCUT2D eigenvalue weighted by atomic mass is 10.2. The van der Waals surface area contributed by atoms with Crippen molar-refractivity contribution < 1.29 is 9.47 Å². The molecule has 3 aromatic rings. The number of rotatable bonds is 8. The molecule has 0 aliphatic rings. The van der Waals surface area contributed by atoms with Gasteiger partial charge in [0.15, 0.2) is 11.5 Å². The summed E-state index contributed by atoms with van der Waals surface area (Å²) >= 11 is 0. The van der Waals surface area contributed by atoms with Gasteiger partial charge in [0, 0.05) is 25.1 Å². The molecule has 126 valence electrons. The van der Waals surface area contributed by atoms with Gasteiger partial charge in [0.25, 0.3) is 0 Å². The summed E-state index contributed by atoms with van der Waals surface area (Å²) in [6, 6.07) is 14.0. The minimum Gasteiger partial charge on any atom is -0.493 e. The predicted molar refractivity (Wildman–Crippen MR) is 95.7 cm³/mol. The number of hydrogen-bond donors (Lipinski definition) is 2. The second-order valence-corrected chi connectivity index (χ2v) is 5.51. The minimum absolute atomic E-state index is 0.617. The van der Waals surface area contributed by atoms with E-state index in [1.807, 2.05) is 43.3 Å². The van der Waals surface area contributed by atoms with Gasteiger partial charge in [0.05, 0.1) is 24.8 Å². The highest BCUT2D eigenvalue weighted by atomic mass is 16.5. The van der Waals surface area contributed by atoms with Crippen LogP contribution < -0.4 is 14.8 Å². The fourth-order valence-electron chi connectivity index (χ4n) is 2.72. The highest BCUT2D eigenvalue weighted by Crippen LogP contribution is 2.30. The molecule has 2 N–H and O–H groups in total. The number of para-hydroxylation sites is 3. The zero-order chi connectivity index (χ0) is 16.8. The van der Waals surface area contributed by atoms with Crippen LogP contribution in [-0.4, -0.2) is 30.2 Å². The molecule has 0 aliphatic carbocycles. The number of methoxy groups -OCH3 is 1. The van der Waals surface area contributed by atoms with Crippen LogP contribution in [0, 0.1) is 0 Å². The third-order valence-electron chi connectivity index (χ3n) is 3.86. The topological polar surface area (TPSA) is 59.2 Å². The SMILES string of the molecule is CCOc1c(CNCCc2nc3ccccc3[nH]2)cccc1OC. The van der Waals surface area contributed by atoms with Crippen molar-refractivity contribution in [2.45, 2.75) is 19.9 Å². The van der Waals surface area contributed by atoms with E-state index in [4.69, 9.17) is 9.47 Å². The van der Waals surface area contributed by atoms with Crippen molar-refractivity contribution in [2.24, 2.45) is 0 Å². The number of nitrogens with zero attached hydrogens (tertiary/aromatic N) is 1. The lowest BCUT2D eigenvalue weighted by Crippen LogP contribution is -2.18. The van der Waals surface area contributed by atoms with E-state index in [1.54, 1.807) is 7.11 Å². The van der Waals surface area contributed by atoms with Gasteiger partial charge in [-0.05, 0) is 25.1 Å². The molecule has 1 heterocycles. The van der Waals surface area contributed by atoms with E-state index >= 15 is 0 Å². The van der Waals surface area contributed by atoms with Crippen LogP contribution in [0.25, 0.3) is 11.0 Å². The molecule has 0 fully saturated rings. The van der Waals surface area contributed by atoms with Crippen LogP contribution in [0.1, 0.15) is 18.3 Å². The molecular formula is C19H23N3O2. The normalized spacial score (nSPS) is 10.9. The summed E-state index contributed by atoms with van der Waals surface area (Å²) in [6.07, 6.45) is 0.850. The van der Waals surface area contributed by atoms with E-state index in [1.165, 1.54) is 0 Å². The van der Waals surface area contributed by atoms with Gasteiger partial charge in [0.1, 0.15) is 5.82 Å². The van der Waals surface area contributed by atoms with Crippen molar-refractivity contribution in [3.63, 3.8) is 0 Å². The average molecular weight is 325 g/mol. The van der Waals surface area contributed by atoms with Gasteiger partial charge >= 0.3 is 0 Å².